The van der Waals surface area contributed by atoms with Crippen LogP contribution in [-0.4, -0.2) is 76.9 Å². The Morgan fingerprint density at radius 3 is 2.71 bits per heavy atom. The van der Waals surface area contributed by atoms with Crippen LogP contribution < -0.4 is 16.0 Å². The number of carboxylic acid groups (broad SMARTS) is 1. The van der Waals surface area contributed by atoms with Gasteiger partial charge in [-0.25, -0.2) is 9.59 Å². The van der Waals surface area contributed by atoms with Crippen LogP contribution in [0.1, 0.15) is 17.8 Å². The van der Waals surface area contributed by atoms with E-state index >= 15 is 0 Å². The molecule has 4 amide bonds. The molecule has 0 radical (unpaired) electrons. The van der Waals surface area contributed by atoms with Crippen molar-refractivity contribution in [1.82, 2.24) is 20.9 Å². The van der Waals surface area contributed by atoms with Gasteiger partial charge in [0, 0.05) is 30.2 Å². The second kappa shape index (κ2) is 10.8. The quantitative estimate of drug-likeness (QED) is 0.147. The SMILES string of the molecule is CO[C@]1(NC(=O)C(NC(=O)NCC#N)c2cccs2)C(=O)N2C(C(=O)O)=C(COC(C)=O)CSC21. The molecule has 3 rings (SSSR count). The number of hydrogen-bond donors (Lipinski definition) is 4. The number of methoxy groups -OCH3 is 1. The summed E-state index contributed by atoms with van der Waals surface area (Å²) in [7, 11) is 1.20. The van der Waals surface area contributed by atoms with E-state index in [1.54, 1.807) is 23.6 Å². The monoisotopic (exact) mass is 523 g/mol. The molecule has 3 heterocycles. The number of esters is 1. The largest absolute Gasteiger partial charge is 0.477 e. The smallest absolute Gasteiger partial charge is 0.352 e. The molecule has 2 aliphatic rings. The van der Waals surface area contributed by atoms with E-state index in [1.165, 1.54) is 25.4 Å². The Morgan fingerprint density at radius 1 is 1.40 bits per heavy atom. The number of carboxylic acids is 1. The first-order valence-corrected chi connectivity index (χ1v) is 11.9. The molecule has 1 aromatic heterocycles. The molecule has 1 saturated heterocycles. The molecular formula is C20H21N5O8S2. The maximum absolute atomic E-state index is 13.2. The maximum Gasteiger partial charge on any atom is 0.352 e. The van der Waals surface area contributed by atoms with Crippen LogP contribution in [0.2, 0.25) is 0 Å². The highest BCUT2D eigenvalue weighted by molar-refractivity contribution is 8.00. The summed E-state index contributed by atoms with van der Waals surface area (Å²) in [4.78, 5) is 63.1. The molecular weight excluding hydrogens is 502 g/mol. The fourth-order valence-electron chi connectivity index (χ4n) is 3.52. The minimum Gasteiger partial charge on any atom is -0.477 e. The van der Waals surface area contributed by atoms with Crippen molar-refractivity contribution in [1.29, 1.82) is 5.26 Å². The number of nitrogens with one attached hydrogen (secondary N) is 3. The van der Waals surface area contributed by atoms with E-state index in [1.807, 2.05) is 0 Å². The number of rotatable bonds is 9. The van der Waals surface area contributed by atoms with Crippen molar-refractivity contribution in [2.75, 3.05) is 26.0 Å². The van der Waals surface area contributed by atoms with E-state index < -0.39 is 46.9 Å². The summed E-state index contributed by atoms with van der Waals surface area (Å²) in [6.45, 7) is 0.604. The highest BCUT2D eigenvalue weighted by atomic mass is 32.2. The Balaban J connectivity index is 1.85. The lowest BCUT2D eigenvalue weighted by atomic mass is 9.97. The van der Waals surface area contributed by atoms with Crippen LogP contribution in [0.5, 0.6) is 0 Å². The van der Waals surface area contributed by atoms with Crippen molar-refractivity contribution in [3.05, 3.63) is 33.7 Å². The lowest BCUT2D eigenvalue weighted by molar-refractivity contribution is -0.193. The molecule has 0 bridgehead atoms. The summed E-state index contributed by atoms with van der Waals surface area (Å²) in [5, 5.41) is 26.4. The average Bonchev–Trinajstić information content (AvgIpc) is 3.36. The number of aliphatic carboxylic acids is 1. The number of carbonyl (C=O) groups is 5. The van der Waals surface area contributed by atoms with Gasteiger partial charge in [-0.15, -0.1) is 23.1 Å². The first-order valence-electron chi connectivity index (χ1n) is 10.0. The molecule has 4 N–H and O–H groups in total. The summed E-state index contributed by atoms with van der Waals surface area (Å²) >= 11 is 2.31. The van der Waals surface area contributed by atoms with Crippen molar-refractivity contribution in [2.45, 2.75) is 24.1 Å². The molecule has 2 unspecified atom stereocenters. The van der Waals surface area contributed by atoms with Gasteiger partial charge >= 0.3 is 18.0 Å². The number of hydrogen-bond acceptors (Lipinski definition) is 10. The molecule has 0 aliphatic carbocycles. The van der Waals surface area contributed by atoms with Crippen LogP contribution >= 0.6 is 23.1 Å². The molecule has 15 heteroatoms. The van der Waals surface area contributed by atoms with Gasteiger partial charge in [0.2, 0.25) is 0 Å². The van der Waals surface area contributed by atoms with E-state index in [0.717, 1.165) is 16.7 Å². The first kappa shape index (κ1) is 26.0. The predicted molar refractivity (Wildman–Crippen MR) is 121 cm³/mol. The van der Waals surface area contributed by atoms with Gasteiger partial charge in [-0.05, 0) is 11.4 Å². The number of urea groups is 1. The number of ether oxygens (including phenoxy) is 2. The van der Waals surface area contributed by atoms with E-state index in [-0.39, 0.29) is 30.2 Å². The first-order chi connectivity index (χ1) is 16.7. The van der Waals surface area contributed by atoms with E-state index in [9.17, 15) is 29.1 Å². The van der Waals surface area contributed by atoms with Gasteiger partial charge in [0.15, 0.2) is 0 Å². The number of carbonyl (C=O) groups excluding carboxylic acids is 4. The van der Waals surface area contributed by atoms with Crippen molar-refractivity contribution in [2.24, 2.45) is 0 Å². The van der Waals surface area contributed by atoms with Gasteiger partial charge in [0.05, 0.1) is 6.07 Å². The highest BCUT2D eigenvalue weighted by Gasteiger charge is 2.67. The number of β-lactam (4-membered cyclic amide) rings is 1. The molecule has 0 spiro atoms. The Kier molecular flexibility index (Phi) is 7.99. The number of thioether (sulfide) groups is 1. The molecule has 13 nitrogen and oxygen atoms in total. The summed E-state index contributed by atoms with van der Waals surface area (Å²) in [6, 6.07) is 3.03. The third-order valence-corrected chi connectivity index (χ3v) is 7.40. The van der Waals surface area contributed by atoms with Crippen molar-refractivity contribution < 1.29 is 38.6 Å². The van der Waals surface area contributed by atoms with Crippen LogP contribution in [0.25, 0.3) is 0 Å². The Hall–Kier alpha value is -3.61. The van der Waals surface area contributed by atoms with E-state index in [0.29, 0.717) is 4.88 Å². The van der Waals surface area contributed by atoms with Crippen LogP contribution in [0.3, 0.4) is 0 Å². The molecule has 1 fully saturated rings. The summed E-state index contributed by atoms with van der Waals surface area (Å²) < 4.78 is 10.3. The van der Waals surface area contributed by atoms with Crippen LogP contribution in [-0.2, 0) is 28.7 Å². The zero-order valence-electron chi connectivity index (χ0n) is 18.5. The fourth-order valence-corrected chi connectivity index (χ4v) is 5.72. The zero-order valence-corrected chi connectivity index (χ0v) is 20.2. The zero-order chi connectivity index (χ0) is 25.8. The van der Waals surface area contributed by atoms with Crippen molar-refractivity contribution in [3.8, 4) is 6.07 Å². The van der Waals surface area contributed by atoms with Gasteiger partial charge in [0.25, 0.3) is 17.5 Å². The minimum atomic E-state index is -1.89. The van der Waals surface area contributed by atoms with Gasteiger partial charge in [-0.1, -0.05) is 6.07 Å². The summed E-state index contributed by atoms with van der Waals surface area (Å²) in [6.07, 6.45) is 0. The van der Waals surface area contributed by atoms with Crippen molar-refractivity contribution >= 4 is 52.9 Å². The van der Waals surface area contributed by atoms with Gasteiger partial charge in [-0.3, -0.25) is 19.3 Å². The molecule has 35 heavy (non-hydrogen) atoms. The number of thiophene rings is 1. The van der Waals surface area contributed by atoms with E-state index in [4.69, 9.17) is 14.7 Å². The van der Waals surface area contributed by atoms with Crippen LogP contribution in [0, 0.1) is 11.3 Å². The Bertz CT molecular complexity index is 1120. The predicted octanol–water partition coefficient (Wildman–Crippen LogP) is -0.112. The fraction of sp³-hybridized carbons (Fsp3) is 0.400. The number of nitriles is 1. The van der Waals surface area contributed by atoms with Crippen LogP contribution in [0.15, 0.2) is 28.8 Å². The third kappa shape index (κ3) is 5.09. The summed E-state index contributed by atoms with van der Waals surface area (Å²) in [5.41, 5.74) is -2.01. The lowest BCUT2D eigenvalue weighted by Crippen LogP contribution is -2.81. The average molecular weight is 524 g/mol. The normalized spacial score (nSPS) is 21.7. The standard InChI is InChI=1S/C20H21N5O8S2/c1-10(26)33-8-11-9-35-18-20(32-2,17(30)25(18)14(11)16(28)29)24-15(27)13(12-4-3-7-34-12)23-19(31)22-6-5-21/h3-4,7,13,18H,6,8-9H2,1-2H3,(H,24,27)(H,28,29)(H2,22,23,31)/t13?,18?,20-/m1/s1. The Labute approximate surface area is 207 Å². The third-order valence-electron chi connectivity index (χ3n) is 5.09. The van der Waals surface area contributed by atoms with Crippen molar-refractivity contribution in [3.63, 3.8) is 0 Å². The summed E-state index contributed by atoms with van der Waals surface area (Å²) in [5.74, 6) is -3.50. The van der Waals surface area contributed by atoms with Gasteiger partial charge in [0.1, 0.15) is 30.3 Å². The number of fused-ring (bicyclic) bond motifs is 1. The van der Waals surface area contributed by atoms with Gasteiger partial charge in [-0.2, -0.15) is 5.26 Å². The molecule has 3 atom stereocenters. The topological polar surface area (TPSA) is 187 Å². The molecule has 2 aliphatic heterocycles. The second-order valence-electron chi connectivity index (χ2n) is 7.24. The second-order valence-corrected chi connectivity index (χ2v) is 9.29. The Morgan fingerprint density at radius 2 is 2.14 bits per heavy atom. The molecule has 1 aromatic rings. The molecule has 0 saturated carbocycles. The minimum absolute atomic E-state index is 0.105. The maximum atomic E-state index is 13.2. The molecule has 186 valence electrons. The molecule has 0 aromatic carbocycles. The lowest BCUT2D eigenvalue weighted by Gasteiger charge is -2.55. The number of amides is 4. The highest BCUT2D eigenvalue weighted by Crippen LogP contribution is 2.46. The van der Waals surface area contributed by atoms with Gasteiger partial charge < -0.3 is 30.5 Å². The number of nitrogens with zero attached hydrogens (tertiary/aromatic N) is 2. The van der Waals surface area contributed by atoms with E-state index in [2.05, 4.69) is 16.0 Å². The van der Waals surface area contributed by atoms with Crippen LogP contribution in [0.4, 0.5) is 4.79 Å².